The maximum atomic E-state index is 12.1. The second-order valence-electron chi connectivity index (χ2n) is 2.78. The van der Waals surface area contributed by atoms with Crippen LogP contribution in [0.1, 0.15) is 13.3 Å². The van der Waals surface area contributed by atoms with Gasteiger partial charge in [0.1, 0.15) is 5.78 Å². The average molecular weight is 339 g/mol. The van der Waals surface area contributed by atoms with Crippen molar-refractivity contribution in [2.75, 3.05) is 0 Å². The zero-order valence-electron chi connectivity index (χ0n) is 8.30. The molecule has 15 heavy (non-hydrogen) atoms. The van der Waals surface area contributed by atoms with E-state index < -0.39 is 7.30 Å². The summed E-state index contributed by atoms with van der Waals surface area (Å²) >= 11 is 0. The Hall–Kier alpha value is 2.31. The summed E-state index contributed by atoms with van der Waals surface area (Å²) in [6, 6.07) is -0.335. The summed E-state index contributed by atoms with van der Waals surface area (Å²) in [5.74, 6) is 0.0437. The highest BCUT2D eigenvalue weighted by molar-refractivity contribution is 8.90. The smallest absolute Gasteiger partial charge is 0.181 e. The van der Waals surface area contributed by atoms with Crippen molar-refractivity contribution in [2.24, 2.45) is 0 Å². The molecule has 0 spiro atoms. The fraction of sp³-hybridized carbons (Fsp3) is 0.600. The molecule has 0 aliphatic rings. The second-order valence-corrected chi connectivity index (χ2v) is 21.1. The topological polar surface area (TPSA) is 46.2 Å². The molecule has 0 aromatic carbocycles. The van der Waals surface area contributed by atoms with E-state index in [0.717, 1.165) is 0 Å². The van der Waals surface area contributed by atoms with Crippen LogP contribution >= 0.6 is 58.4 Å². The highest BCUT2D eigenvalue weighted by atomic mass is 32.9. The molecule has 6 unspecified atom stereocenters. The summed E-state index contributed by atoms with van der Waals surface area (Å²) in [4.78, 5) is 23.1. The number of hydrogen-bond acceptors (Lipinski definition) is 3. The van der Waals surface area contributed by atoms with E-state index in [2.05, 4.69) is 41.3 Å². The van der Waals surface area contributed by atoms with Crippen molar-refractivity contribution in [2.45, 2.75) is 19.4 Å². The van der Waals surface area contributed by atoms with Crippen LogP contribution in [0.3, 0.4) is 0 Å². The Bertz CT molecular complexity index is 235. The molecule has 3 nitrogen and oxygen atoms in total. The number of hydrogen-bond donors (Lipinski definition) is 1. The van der Waals surface area contributed by atoms with Crippen molar-refractivity contribution < 1.29 is 9.59 Å². The third-order valence-corrected chi connectivity index (χ3v) is 22.5. The Labute approximate surface area is 104 Å². The third kappa shape index (κ3) is 6.71. The Morgan fingerprint density at radius 2 is 2.00 bits per heavy atom. The summed E-state index contributed by atoms with van der Waals surface area (Å²) in [5, 5.41) is 2.85. The van der Waals surface area contributed by atoms with Crippen molar-refractivity contribution in [1.29, 1.82) is 0 Å². The highest BCUT2D eigenvalue weighted by Gasteiger charge is 2.28. The first-order valence-electron chi connectivity index (χ1n) is 3.99. The molecule has 0 fully saturated rings. The van der Waals surface area contributed by atoms with E-state index in [-0.39, 0.29) is 30.8 Å². The van der Waals surface area contributed by atoms with Gasteiger partial charge >= 0.3 is 0 Å². The minimum Gasteiger partial charge on any atom is -0.300 e. The van der Waals surface area contributed by atoms with Crippen LogP contribution in [0.15, 0.2) is 0 Å². The normalized spacial score (nSPS) is 15.9. The molecule has 0 saturated carbocycles. The minimum absolute atomic E-state index is 0.0437. The van der Waals surface area contributed by atoms with Gasteiger partial charge < -0.3 is 0 Å². The van der Waals surface area contributed by atoms with Gasteiger partial charge in [0.05, 0.1) is 6.04 Å². The van der Waals surface area contributed by atoms with Crippen LogP contribution in [0.25, 0.3) is 0 Å². The molecule has 0 aromatic rings. The van der Waals surface area contributed by atoms with Gasteiger partial charge in [0.25, 0.3) is 0 Å². The van der Waals surface area contributed by atoms with Crippen molar-refractivity contribution in [1.82, 2.24) is 5.09 Å². The van der Waals surface area contributed by atoms with Crippen molar-refractivity contribution in [3.8, 4) is 0 Å². The van der Waals surface area contributed by atoms with E-state index in [1.165, 1.54) is 6.92 Å². The Balaban J connectivity index is 4.54. The van der Waals surface area contributed by atoms with Crippen molar-refractivity contribution in [3.63, 3.8) is 0 Å². The Morgan fingerprint density at radius 3 is 2.27 bits per heavy atom. The molecule has 0 bridgehead atoms. The van der Waals surface area contributed by atoms with Gasteiger partial charge in [-0.25, -0.2) is 0 Å². The SMILES string of the molecule is CC(=O)C[C@H](NP)C(=O)P(PP)P(P)P. The number of carbonyl (C=O) groups excluding carboxylic acids is 2. The summed E-state index contributed by atoms with van der Waals surface area (Å²) in [5.41, 5.74) is 0.194. The molecule has 0 radical (unpaired) electrons. The van der Waals surface area contributed by atoms with Gasteiger partial charge in [-0.15, -0.1) is 26.8 Å². The van der Waals surface area contributed by atoms with Crippen molar-refractivity contribution >= 4 is 69.7 Å². The molecule has 0 saturated heterocycles. The maximum Gasteiger partial charge on any atom is 0.181 e. The predicted octanol–water partition coefficient (Wildman–Crippen LogP) is 3.08. The summed E-state index contributed by atoms with van der Waals surface area (Å²) in [6.07, 6.45) is 0.287. The largest absolute Gasteiger partial charge is 0.300 e. The average Bonchev–Trinajstić information content (AvgIpc) is 2.14. The van der Waals surface area contributed by atoms with Gasteiger partial charge in [-0.05, 0) is 13.9 Å². The number of Topliss-reactive ketones (excluding diaryl/α,β-unsaturated/α-hetero) is 1. The molecule has 0 aliphatic heterocycles. The molecule has 88 valence electrons. The number of rotatable bonds is 7. The predicted molar refractivity (Wildman–Crippen MR) is 88.2 cm³/mol. The molecule has 0 amide bonds. The fourth-order valence-electron chi connectivity index (χ4n) is 0.897. The zero-order chi connectivity index (χ0) is 12.0. The van der Waals surface area contributed by atoms with E-state index >= 15 is 0 Å². The van der Waals surface area contributed by atoms with Crippen LogP contribution in [0.5, 0.6) is 0 Å². The molecule has 10 heteroatoms. The van der Waals surface area contributed by atoms with Gasteiger partial charge in [0.2, 0.25) is 0 Å². The first kappa shape index (κ1) is 17.3. The van der Waals surface area contributed by atoms with E-state index in [1.54, 1.807) is 0 Å². The van der Waals surface area contributed by atoms with E-state index in [0.29, 0.717) is 7.96 Å². The number of ketones is 1. The summed E-state index contributed by atoms with van der Waals surface area (Å²) in [7, 11) is 10.3. The lowest BCUT2D eigenvalue weighted by atomic mass is 10.2. The number of nitrogens with one attached hydrogen (secondary N) is 1. The summed E-state index contributed by atoms with van der Waals surface area (Å²) in [6.45, 7) is 1.12. The molecule has 0 rings (SSSR count). The zero-order valence-corrected chi connectivity index (χ0v) is 15.7. The van der Waals surface area contributed by atoms with Crippen LogP contribution in [0.4, 0.5) is 0 Å². The number of carbonyl (C=O) groups is 2. The van der Waals surface area contributed by atoms with E-state index in [4.69, 9.17) is 0 Å². The molecule has 0 aliphatic carbocycles. The van der Waals surface area contributed by atoms with Crippen LogP contribution in [0, 0.1) is 0 Å². The van der Waals surface area contributed by atoms with Gasteiger partial charge in [0.15, 0.2) is 5.52 Å². The standard InChI is InChI=1S/C5H16NO2P7/c1-3(7)2-4(6-9)5(8)14(13-10)15(11)12/h4,6,13H,2,9-12H2,1H3/t4-,14?/m0/s1. The van der Waals surface area contributed by atoms with E-state index in [9.17, 15) is 9.59 Å². The van der Waals surface area contributed by atoms with Gasteiger partial charge in [0, 0.05) is 13.7 Å². The Kier molecular flexibility index (Phi) is 10.7. The quantitative estimate of drug-likeness (QED) is 0.725. The highest BCUT2D eigenvalue weighted by Crippen LogP contribution is 2.88. The molecular weight excluding hydrogens is 323 g/mol. The molecule has 7 atom stereocenters. The minimum atomic E-state index is -0.640. The fourth-order valence-corrected chi connectivity index (χ4v) is 23.4. The first-order valence-corrected chi connectivity index (χ1v) is 14.8. The van der Waals surface area contributed by atoms with Crippen molar-refractivity contribution in [3.05, 3.63) is 0 Å². The first-order chi connectivity index (χ1) is 6.93. The Morgan fingerprint density at radius 1 is 1.47 bits per heavy atom. The summed E-state index contributed by atoms with van der Waals surface area (Å²) < 4.78 is 0. The van der Waals surface area contributed by atoms with Crippen LogP contribution < -0.4 is 5.09 Å². The molecule has 0 aromatic heterocycles. The maximum absolute atomic E-state index is 12.1. The molecule has 1 N–H and O–H groups in total. The van der Waals surface area contributed by atoms with Crippen LogP contribution in [0.2, 0.25) is 0 Å². The van der Waals surface area contributed by atoms with E-state index in [1.807, 2.05) is 0 Å². The molecule has 0 heterocycles. The molecular formula is C5H16NO2P7. The lowest BCUT2D eigenvalue weighted by Gasteiger charge is -2.22. The van der Waals surface area contributed by atoms with Gasteiger partial charge in [-0.1, -0.05) is 17.3 Å². The third-order valence-electron chi connectivity index (χ3n) is 1.55. The lowest BCUT2D eigenvalue weighted by Crippen LogP contribution is -2.30. The van der Waals surface area contributed by atoms with Gasteiger partial charge in [-0.3, -0.25) is 14.7 Å². The lowest BCUT2D eigenvalue weighted by molar-refractivity contribution is -0.120. The second kappa shape index (κ2) is 9.27. The monoisotopic (exact) mass is 339 g/mol. The van der Waals surface area contributed by atoms with Crippen LogP contribution in [-0.4, -0.2) is 17.3 Å². The van der Waals surface area contributed by atoms with Gasteiger partial charge in [-0.2, -0.15) is 0 Å². The van der Waals surface area contributed by atoms with Crippen LogP contribution in [-0.2, 0) is 9.59 Å².